The highest BCUT2D eigenvalue weighted by atomic mass is 19.4. The Labute approximate surface area is 197 Å². The zero-order valence-electron chi connectivity index (χ0n) is 18.5. The molecule has 6 heterocycles. The van der Waals surface area contributed by atoms with E-state index in [2.05, 4.69) is 14.9 Å². The molecule has 3 aromatic rings. The maximum Gasteiger partial charge on any atom is 0.433 e. The molecule has 1 spiro atoms. The molecule has 0 amide bonds. The van der Waals surface area contributed by atoms with Gasteiger partial charge in [-0.25, -0.2) is 4.79 Å². The van der Waals surface area contributed by atoms with E-state index < -0.39 is 11.9 Å². The molecule has 0 radical (unpaired) electrons. The van der Waals surface area contributed by atoms with E-state index in [1.807, 2.05) is 0 Å². The highest BCUT2D eigenvalue weighted by molar-refractivity contribution is 5.51. The molecule has 11 heteroatoms. The number of hydrogen-bond donors (Lipinski definition) is 0. The molecule has 0 aliphatic carbocycles. The van der Waals surface area contributed by atoms with Gasteiger partial charge in [0, 0.05) is 24.9 Å². The molecule has 182 valence electrons. The predicted octanol–water partition coefficient (Wildman–Crippen LogP) is 3.78. The van der Waals surface area contributed by atoms with Crippen molar-refractivity contribution in [3.8, 4) is 17.4 Å². The number of morpholine rings is 1. The lowest BCUT2D eigenvalue weighted by Crippen LogP contribution is -2.62. The summed E-state index contributed by atoms with van der Waals surface area (Å²) in [5.41, 5.74) is -0.753. The first-order chi connectivity index (χ1) is 16.8. The largest absolute Gasteiger partial charge is 0.473 e. The van der Waals surface area contributed by atoms with Crippen molar-refractivity contribution in [2.75, 3.05) is 18.1 Å². The van der Waals surface area contributed by atoms with Gasteiger partial charge < -0.3 is 19.1 Å². The summed E-state index contributed by atoms with van der Waals surface area (Å²) in [6.45, 7) is 2.11. The van der Waals surface area contributed by atoms with Gasteiger partial charge in [0.25, 0.3) is 0 Å². The SMILES string of the molecule is O=c1nc(OCc2ccc(Oc3ccnc(C(F)(F)F)c3)cc2)cc2n1C[C@@]13CC[C@@H](CN21)OC3. The van der Waals surface area contributed by atoms with E-state index in [-0.39, 0.29) is 35.6 Å². The lowest BCUT2D eigenvalue weighted by Gasteiger charge is -2.50. The molecule has 8 nitrogen and oxygen atoms in total. The zero-order chi connectivity index (χ0) is 24.2. The number of hydrogen-bond acceptors (Lipinski definition) is 7. The molecule has 4 aliphatic rings. The number of fused-ring (bicyclic) bond motifs is 3. The third kappa shape index (κ3) is 3.99. The first-order valence-electron chi connectivity index (χ1n) is 11.2. The highest BCUT2D eigenvalue weighted by Crippen LogP contribution is 2.44. The summed E-state index contributed by atoms with van der Waals surface area (Å²) in [6.07, 6.45) is -1.32. The maximum atomic E-state index is 12.8. The Morgan fingerprint density at radius 1 is 1.14 bits per heavy atom. The minimum atomic E-state index is -4.55. The van der Waals surface area contributed by atoms with E-state index in [9.17, 15) is 18.0 Å². The van der Waals surface area contributed by atoms with E-state index in [4.69, 9.17) is 14.2 Å². The van der Waals surface area contributed by atoms with Crippen LogP contribution in [-0.4, -0.2) is 39.3 Å². The van der Waals surface area contributed by atoms with Crippen LogP contribution in [-0.2, 0) is 24.1 Å². The molecule has 2 atom stereocenters. The fourth-order valence-electron chi connectivity index (χ4n) is 4.95. The second-order valence-corrected chi connectivity index (χ2v) is 9.04. The van der Waals surface area contributed by atoms with Crippen LogP contribution in [0.4, 0.5) is 19.0 Å². The lowest BCUT2D eigenvalue weighted by molar-refractivity contribution is -0.141. The van der Waals surface area contributed by atoms with Gasteiger partial charge in [-0.05, 0) is 36.6 Å². The number of piperidine rings is 1. The van der Waals surface area contributed by atoms with Crippen LogP contribution in [0.5, 0.6) is 17.4 Å². The second-order valence-electron chi connectivity index (χ2n) is 9.04. The van der Waals surface area contributed by atoms with Crippen LogP contribution in [0, 0.1) is 0 Å². The van der Waals surface area contributed by atoms with Gasteiger partial charge in [0.1, 0.15) is 29.6 Å². The molecule has 35 heavy (non-hydrogen) atoms. The zero-order valence-corrected chi connectivity index (χ0v) is 18.5. The molecule has 2 aromatic heterocycles. The molecule has 4 aliphatic heterocycles. The normalized spacial score (nSPS) is 22.6. The summed E-state index contributed by atoms with van der Waals surface area (Å²) >= 11 is 0. The Kier molecular flexibility index (Phi) is 4.99. The number of halogens is 3. The van der Waals surface area contributed by atoms with E-state index in [1.165, 1.54) is 6.07 Å². The average molecular weight is 486 g/mol. The molecule has 3 saturated heterocycles. The van der Waals surface area contributed by atoms with Gasteiger partial charge in [-0.2, -0.15) is 18.2 Å². The van der Waals surface area contributed by atoms with E-state index >= 15 is 0 Å². The monoisotopic (exact) mass is 486 g/mol. The smallest absolute Gasteiger partial charge is 0.433 e. The Morgan fingerprint density at radius 3 is 2.71 bits per heavy atom. The van der Waals surface area contributed by atoms with Gasteiger partial charge in [-0.1, -0.05) is 12.1 Å². The van der Waals surface area contributed by atoms with Crippen LogP contribution in [0.2, 0.25) is 0 Å². The minimum Gasteiger partial charge on any atom is -0.473 e. The van der Waals surface area contributed by atoms with Gasteiger partial charge in [-0.3, -0.25) is 9.55 Å². The molecule has 1 aromatic carbocycles. The summed E-state index contributed by atoms with van der Waals surface area (Å²) < 4.78 is 57.4. The molecule has 7 rings (SSSR count). The van der Waals surface area contributed by atoms with Crippen molar-refractivity contribution < 1.29 is 27.4 Å². The van der Waals surface area contributed by atoms with Crippen LogP contribution in [0.25, 0.3) is 0 Å². The number of aromatic nitrogens is 3. The molecular weight excluding hydrogens is 465 g/mol. The lowest BCUT2D eigenvalue weighted by atomic mass is 9.84. The van der Waals surface area contributed by atoms with Gasteiger partial charge >= 0.3 is 11.9 Å². The predicted molar refractivity (Wildman–Crippen MR) is 118 cm³/mol. The first-order valence-corrected chi connectivity index (χ1v) is 11.2. The van der Waals surface area contributed by atoms with Crippen LogP contribution >= 0.6 is 0 Å². The van der Waals surface area contributed by atoms with Crippen molar-refractivity contribution in [2.45, 2.75) is 43.8 Å². The Morgan fingerprint density at radius 2 is 1.97 bits per heavy atom. The summed E-state index contributed by atoms with van der Waals surface area (Å²) in [7, 11) is 0. The van der Waals surface area contributed by atoms with Gasteiger partial charge in [0.05, 0.1) is 24.8 Å². The summed E-state index contributed by atoms with van der Waals surface area (Å²) in [5.74, 6) is 1.47. The number of alkyl halides is 3. The number of anilines is 1. The standard InChI is InChI=1S/C24H21F3N4O4/c25-24(26,27)19-9-17(6-8-28-19)35-16-3-1-15(2-4-16)12-33-20-10-21-30(22(32)29-20)13-23-7-5-18(34-14-23)11-31(21)23/h1-4,6,8-10,18H,5,7,11-14H2/t18-,23+/m0/s1. The highest BCUT2D eigenvalue weighted by Gasteiger charge is 2.52. The van der Waals surface area contributed by atoms with E-state index in [0.717, 1.165) is 43.0 Å². The topological polar surface area (TPSA) is 78.7 Å². The second kappa shape index (κ2) is 7.98. The first kappa shape index (κ1) is 21.9. The molecule has 0 unspecified atom stereocenters. The van der Waals surface area contributed by atoms with Crippen molar-refractivity contribution in [2.24, 2.45) is 0 Å². The molecular formula is C24H21F3N4O4. The van der Waals surface area contributed by atoms with Crippen molar-refractivity contribution in [1.29, 1.82) is 0 Å². The number of nitrogens with zero attached hydrogens (tertiary/aromatic N) is 4. The Hall–Kier alpha value is -3.60. The third-order valence-electron chi connectivity index (χ3n) is 6.74. The van der Waals surface area contributed by atoms with Crippen molar-refractivity contribution in [3.63, 3.8) is 0 Å². The molecule has 0 N–H and O–H groups in total. The third-order valence-corrected chi connectivity index (χ3v) is 6.74. The van der Waals surface area contributed by atoms with Crippen molar-refractivity contribution >= 4 is 5.82 Å². The fraction of sp³-hybridized carbons (Fsp3) is 0.375. The van der Waals surface area contributed by atoms with E-state index in [1.54, 1.807) is 34.9 Å². The fourth-order valence-corrected chi connectivity index (χ4v) is 4.95. The van der Waals surface area contributed by atoms with Gasteiger partial charge in [0.15, 0.2) is 0 Å². The van der Waals surface area contributed by atoms with E-state index in [0.29, 0.717) is 18.9 Å². The quantitative estimate of drug-likeness (QED) is 0.543. The summed E-state index contributed by atoms with van der Waals surface area (Å²) in [4.78, 5) is 22.3. The maximum absolute atomic E-state index is 12.8. The summed E-state index contributed by atoms with van der Waals surface area (Å²) in [6, 6.07) is 10.7. The van der Waals surface area contributed by atoms with Gasteiger partial charge in [0.2, 0.25) is 5.88 Å². The number of ether oxygens (including phenoxy) is 3. The van der Waals surface area contributed by atoms with Crippen LogP contribution in [0.3, 0.4) is 0 Å². The van der Waals surface area contributed by atoms with Crippen molar-refractivity contribution in [1.82, 2.24) is 14.5 Å². The summed E-state index contributed by atoms with van der Waals surface area (Å²) in [5, 5.41) is 0. The minimum absolute atomic E-state index is 0.0359. The molecule has 3 fully saturated rings. The van der Waals surface area contributed by atoms with Crippen LogP contribution in [0.1, 0.15) is 24.1 Å². The number of pyridine rings is 1. The van der Waals surface area contributed by atoms with Crippen LogP contribution in [0.15, 0.2) is 53.5 Å². The average Bonchev–Trinajstić information content (AvgIpc) is 3.19. The number of rotatable bonds is 5. The Bertz CT molecular complexity index is 1320. The molecule has 0 saturated carbocycles. The van der Waals surface area contributed by atoms with Gasteiger partial charge in [-0.15, -0.1) is 0 Å². The molecule has 2 bridgehead atoms. The number of benzene rings is 1. The van der Waals surface area contributed by atoms with Crippen molar-refractivity contribution in [3.05, 3.63) is 70.4 Å². The Balaban J connectivity index is 1.13. The van der Waals surface area contributed by atoms with Crippen LogP contribution < -0.4 is 20.1 Å².